The van der Waals surface area contributed by atoms with Gasteiger partial charge in [0.1, 0.15) is 6.54 Å². The summed E-state index contributed by atoms with van der Waals surface area (Å²) in [6.07, 6.45) is 1.77. The molecule has 4 rings (SSSR count). The summed E-state index contributed by atoms with van der Waals surface area (Å²) in [5, 5.41) is 3.05. The zero-order valence-electron chi connectivity index (χ0n) is 14.3. The maximum Gasteiger partial charge on any atom is 0.291 e. The normalized spacial score (nSPS) is 15.1. The summed E-state index contributed by atoms with van der Waals surface area (Å²) in [4.78, 5) is 25.3. The lowest BCUT2D eigenvalue weighted by molar-refractivity contribution is -0.132. The number of para-hydroxylation sites is 2. The van der Waals surface area contributed by atoms with E-state index in [0.29, 0.717) is 49.0 Å². The number of rotatable bonds is 5. The van der Waals surface area contributed by atoms with E-state index < -0.39 is 5.76 Å². The van der Waals surface area contributed by atoms with E-state index >= 15 is 0 Å². The van der Waals surface area contributed by atoms with Crippen LogP contribution in [0.5, 0.6) is 0 Å². The number of imidazole rings is 1. The van der Waals surface area contributed by atoms with Crippen LogP contribution in [-0.4, -0.2) is 57.3 Å². The Bertz CT molecular complexity index is 923. The first-order valence-electron chi connectivity index (χ1n) is 8.44. The van der Waals surface area contributed by atoms with Crippen LogP contribution >= 0.6 is 23.1 Å². The van der Waals surface area contributed by atoms with Crippen molar-refractivity contribution >= 4 is 45.2 Å². The highest BCUT2D eigenvalue weighted by molar-refractivity contribution is 7.99. The van der Waals surface area contributed by atoms with E-state index in [1.807, 2.05) is 11.4 Å². The van der Waals surface area contributed by atoms with Gasteiger partial charge in [0.2, 0.25) is 5.91 Å². The molecular weight excluding hydrogens is 392 g/mol. The fourth-order valence-electron chi connectivity index (χ4n) is 3.13. The Kier molecular flexibility index (Phi) is 5.26. The first-order valence-corrected chi connectivity index (χ1v) is 10.2. The standard InChI is InChI=1S/C17H17F2N5OS2/c18-15(19)27-17-21-12-3-1-2-4-13(12)24(17)11-14(25)22-6-8-23(9-7-22)16-20-5-10-26-16/h1-5,10,15H,6-9,11H2. The summed E-state index contributed by atoms with van der Waals surface area (Å²) in [5.41, 5.74) is 1.30. The van der Waals surface area contributed by atoms with Crippen molar-refractivity contribution in [3.05, 3.63) is 35.8 Å². The molecule has 0 saturated carbocycles. The van der Waals surface area contributed by atoms with Gasteiger partial charge in [-0.1, -0.05) is 12.1 Å². The first-order chi connectivity index (χ1) is 13.1. The third kappa shape index (κ3) is 3.91. The van der Waals surface area contributed by atoms with E-state index in [2.05, 4.69) is 14.9 Å². The molecule has 10 heteroatoms. The molecule has 142 valence electrons. The second kappa shape index (κ2) is 7.81. The van der Waals surface area contributed by atoms with Gasteiger partial charge in [-0.25, -0.2) is 9.97 Å². The van der Waals surface area contributed by atoms with Crippen molar-refractivity contribution in [1.82, 2.24) is 19.4 Å². The summed E-state index contributed by atoms with van der Waals surface area (Å²) in [6.45, 7) is 2.60. The van der Waals surface area contributed by atoms with Crippen LogP contribution in [-0.2, 0) is 11.3 Å². The van der Waals surface area contributed by atoms with Crippen LogP contribution in [0.1, 0.15) is 0 Å². The van der Waals surface area contributed by atoms with Gasteiger partial charge in [-0.05, 0) is 23.9 Å². The van der Waals surface area contributed by atoms with E-state index in [1.165, 1.54) is 0 Å². The van der Waals surface area contributed by atoms with Gasteiger partial charge in [0, 0.05) is 37.8 Å². The fourth-order valence-corrected chi connectivity index (χ4v) is 4.43. The molecule has 1 amide bonds. The van der Waals surface area contributed by atoms with Crippen molar-refractivity contribution in [2.24, 2.45) is 0 Å². The number of piperazine rings is 1. The lowest BCUT2D eigenvalue weighted by Gasteiger charge is -2.34. The molecule has 0 N–H and O–H groups in total. The van der Waals surface area contributed by atoms with Gasteiger partial charge in [-0.2, -0.15) is 8.78 Å². The highest BCUT2D eigenvalue weighted by Crippen LogP contribution is 2.28. The van der Waals surface area contributed by atoms with Crippen LogP contribution in [0.3, 0.4) is 0 Å². The van der Waals surface area contributed by atoms with Crippen molar-refractivity contribution in [2.75, 3.05) is 31.1 Å². The number of hydrogen-bond donors (Lipinski definition) is 0. The van der Waals surface area contributed by atoms with Crippen molar-refractivity contribution in [3.63, 3.8) is 0 Å². The number of thiazole rings is 1. The molecule has 6 nitrogen and oxygen atoms in total. The molecule has 3 heterocycles. The zero-order valence-corrected chi connectivity index (χ0v) is 15.9. The molecule has 1 saturated heterocycles. The number of amides is 1. The Balaban J connectivity index is 1.48. The number of aromatic nitrogens is 3. The molecule has 1 aromatic carbocycles. The van der Waals surface area contributed by atoms with E-state index in [4.69, 9.17) is 0 Å². The minimum Gasteiger partial charge on any atom is -0.345 e. The van der Waals surface area contributed by atoms with Crippen molar-refractivity contribution in [1.29, 1.82) is 0 Å². The molecule has 0 bridgehead atoms. The molecule has 1 aliphatic rings. The van der Waals surface area contributed by atoms with Crippen LogP contribution in [0, 0.1) is 0 Å². The topological polar surface area (TPSA) is 54.3 Å². The zero-order chi connectivity index (χ0) is 18.8. The van der Waals surface area contributed by atoms with Gasteiger partial charge in [0.15, 0.2) is 10.3 Å². The predicted molar refractivity (Wildman–Crippen MR) is 103 cm³/mol. The predicted octanol–water partition coefficient (Wildman–Crippen LogP) is 3.16. The number of carbonyl (C=O) groups is 1. The number of halogens is 2. The van der Waals surface area contributed by atoms with Crippen LogP contribution in [0.2, 0.25) is 0 Å². The number of alkyl halides is 2. The van der Waals surface area contributed by atoms with Gasteiger partial charge in [0.05, 0.1) is 11.0 Å². The maximum atomic E-state index is 12.9. The first kappa shape index (κ1) is 18.2. The summed E-state index contributed by atoms with van der Waals surface area (Å²) in [7, 11) is 0. The molecule has 1 fully saturated rings. The molecule has 0 spiro atoms. The minimum atomic E-state index is -2.59. The Hall–Kier alpha value is -2.20. The summed E-state index contributed by atoms with van der Waals surface area (Å²) >= 11 is 1.95. The number of carbonyl (C=O) groups excluding carboxylic acids is 1. The maximum absolute atomic E-state index is 12.9. The lowest BCUT2D eigenvalue weighted by atomic mass is 10.3. The van der Waals surface area contributed by atoms with Crippen molar-refractivity contribution in [3.8, 4) is 0 Å². The molecule has 2 aromatic heterocycles. The van der Waals surface area contributed by atoms with E-state index in [-0.39, 0.29) is 17.6 Å². The average molecular weight is 409 g/mol. The van der Waals surface area contributed by atoms with Gasteiger partial charge in [0.25, 0.3) is 5.76 Å². The van der Waals surface area contributed by atoms with Gasteiger partial charge in [-0.15, -0.1) is 11.3 Å². The van der Waals surface area contributed by atoms with Crippen molar-refractivity contribution < 1.29 is 13.6 Å². The highest BCUT2D eigenvalue weighted by atomic mass is 32.2. The highest BCUT2D eigenvalue weighted by Gasteiger charge is 2.24. The van der Waals surface area contributed by atoms with Crippen LogP contribution in [0.4, 0.5) is 13.9 Å². The number of nitrogens with zero attached hydrogens (tertiary/aromatic N) is 5. The molecule has 0 aliphatic carbocycles. The molecular formula is C17H17F2N5OS2. The molecule has 27 heavy (non-hydrogen) atoms. The third-order valence-corrected chi connectivity index (χ3v) is 5.96. The van der Waals surface area contributed by atoms with Gasteiger partial charge < -0.3 is 14.4 Å². The van der Waals surface area contributed by atoms with Crippen LogP contribution in [0.25, 0.3) is 11.0 Å². The second-order valence-electron chi connectivity index (χ2n) is 6.03. The fraction of sp³-hybridized carbons (Fsp3) is 0.353. The molecule has 3 aromatic rings. The van der Waals surface area contributed by atoms with Gasteiger partial charge >= 0.3 is 0 Å². The molecule has 0 atom stereocenters. The summed E-state index contributed by atoms with van der Waals surface area (Å²) in [6, 6.07) is 7.18. The monoisotopic (exact) mass is 409 g/mol. The van der Waals surface area contributed by atoms with E-state index in [1.54, 1.807) is 45.2 Å². The molecule has 0 radical (unpaired) electrons. The smallest absolute Gasteiger partial charge is 0.291 e. The average Bonchev–Trinajstić information content (AvgIpc) is 3.30. The third-order valence-electron chi connectivity index (χ3n) is 4.43. The number of hydrogen-bond acceptors (Lipinski definition) is 6. The Labute approximate surface area is 162 Å². The number of benzene rings is 1. The summed E-state index contributed by atoms with van der Waals surface area (Å²) in [5.74, 6) is -2.68. The molecule has 0 unspecified atom stereocenters. The Morgan fingerprint density at radius 1 is 1.22 bits per heavy atom. The van der Waals surface area contributed by atoms with Gasteiger partial charge in [-0.3, -0.25) is 4.79 Å². The number of anilines is 1. The second-order valence-corrected chi connectivity index (χ2v) is 7.86. The largest absolute Gasteiger partial charge is 0.345 e. The van der Waals surface area contributed by atoms with E-state index in [0.717, 1.165) is 5.13 Å². The minimum absolute atomic E-state index is 0.00676. The summed E-state index contributed by atoms with van der Waals surface area (Å²) < 4.78 is 27.4. The molecule has 1 aliphatic heterocycles. The van der Waals surface area contributed by atoms with Crippen molar-refractivity contribution in [2.45, 2.75) is 17.5 Å². The Morgan fingerprint density at radius 3 is 2.70 bits per heavy atom. The number of fused-ring (bicyclic) bond motifs is 1. The van der Waals surface area contributed by atoms with Crippen LogP contribution in [0.15, 0.2) is 41.0 Å². The van der Waals surface area contributed by atoms with Crippen LogP contribution < -0.4 is 4.90 Å². The Morgan fingerprint density at radius 2 is 2.00 bits per heavy atom. The van der Waals surface area contributed by atoms with E-state index in [9.17, 15) is 13.6 Å². The lowest BCUT2D eigenvalue weighted by Crippen LogP contribution is -2.49. The number of thioether (sulfide) groups is 1. The SMILES string of the molecule is O=C(Cn1c(SC(F)F)nc2ccccc21)N1CCN(c2nccs2)CC1. The quantitative estimate of drug-likeness (QED) is 0.606.